The van der Waals surface area contributed by atoms with Crippen LogP contribution >= 0.6 is 0 Å². The minimum Gasteiger partial charge on any atom is -0.491 e. The molecule has 0 fully saturated rings. The van der Waals surface area contributed by atoms with Gasteiger partial charge in [0.1, 0.15) is 5.75 Å². The molecule has 0 aliphatic carbocycles. The van der Waals surface area contributed by atoms with Crippen LogP contribution in [0.5, 0.6) is 5.75 Å². The average Bonchev–Trinajstić information content (AvgIpc) is 2.28. The molecule has 0 aliphatic rings. The van der Waals surface area contributed by atoms with Crippen molar-refractivity contribution in [3.8, 4) is 5.75 Å². The summed E-state index contributed by atoms with van der Waals surface area (Å²) in [6, 6.07) is 8.94. The van der Waals surface area contributed by atoms with Gasteiger partial charge in [-0.05, 0) is 49.9 Å². The molecule has 0 bridgehead atoms. The smallest absolute Gasteiger partial charge is 0.119 e. The molecule has 1 aromatic rings. The molecule has 0 heterocycles. The lowest BCUT2D eigenvalue weighted by atomic mass is 9.87. The molecule has 0 saturated heterocycles. The van der Waals surface area contributed by atoms with Gasteiger partial charge in [-0.1, -0.05) is 39.8 Å². The van der Waals surface area contributed by atoms with Crippen molar-refractivity contribution >= 4 is 0 Å². The van der Waals surface area contributed by atoms with Gasteiger partial charge in [0, 0.05) is 6.04 Å². The van der Waals surface area contributed by atoms with Gasteiger partial charge in [0.15, 0.2) is 0 Å². The summed E-state index contributed by atoms with van der Waals surface area (Å²) in [7, 11) is 0. The molecule has 0 radical (unpaired) electrons. The van der Waals surface area contributed by atoms with Gasteiger partial charge in [0.05, 0.1) is 6.10 Å². The van der Waals surface area contributed by atoms with E-state index in [4.69, 9.17) is 4.74 Å². The van der Waals surface area contributed by atoms with Crippen LogP contribution in [-0.2, 0) is 5.41 Å². The Balaban J connectivity index is 2.62. The van der Waals surface area contributed by atoms with Crippen molar-refractivity contribution in [2.24, 2.45) is 0 Å². The molecule has 108 valence electrons. The van der Waals surface area contributed by atoms with Gasteiger partial charge in [-0.3, -0.25) is 0 Å². The molecule has 2 heteroatoms. The maximum absolute atomic E-state index is 6.03. The minimum absolute atomic E-state index is 0.166. The maximum Gasteiger partial charge on any atom is 0.119 e. The SMILES string of the molecule is CCNC(C)CC(C)Oc1cccc(C(C)(C)C)c1. The molecule has 0 amide bonds. The average molecular weight is 263 g/mol. The van der Waals surface area contributed by atoms with E-state index >= 15 is 0 Å². The molecule has 0 saturated carbocycles. The molecule has 2 nitrogen and oxygen atoms in total. The Labute approximate surface area is 118 Å². The summed E-state index contributed by atoms with van der Waals surface area (Å²) in [6.07, 6.45) is 1.25. The fourth-order valence-electron chi connectivity index (χ4n) is 2.25. The predicted octanol–water partition coefficient (Wildman–Crippen LogP) is 4.14. The molecule has 0 spiro atoms. The third-order valence-corrected chi connectivity index (χ3v) is 3.28. The van der Waals surface area contributed by atoms with E-state index in [1.54, 1.807) is 0 Å². The fraction of sp³-hybridized carbons (Fsp3) is 0.647. The second-order valence-corrected chi connectivity index (χ2v) is 6.40. The first kappa shape index (κ1) is 16.0. The number of hydrogen-bond donors (Lipinski definition) is 1. The molecule has 1 aromatic carbocycles. The van der Waals surface area contributed by atoms with E-state index in [2.05, 4.69) is 65.1 Å². The second kappa shape index (κ2) is 6.95. The Bertz CT molecular complexity index is 381. The predicted molar refractivity (Wildman–Crippen MR) is 83.0 cm³/mol. The van der Waals surface area contributed by atoms with Crippen molar-refractivity contribution in [1.82, 2.24) is 5.32 Å². The summed E-state index contributed by atoms with van der Waals surface area (Å²) in [5.74, 6) is 0.976. The van der Waals surface area contributed by atoms with Crippen LogP contribution in [0.3, 0.4) is 0 Å². The Kier molecular flexibility index (Phi) is 5.86. The zero-order valence-electron chi connectivity index (χ0n) is 13.3. The highest BCUT2D eigenvalue weighted by Gasteiger charge is 2.15. The van der Waals surface area contributed by atoms with Crippen LogP contribution in [0, 0.1) is 0 Å². The van der Waals surface area contributed by atoms with Crippen LogP contribution in [0.1, 0.15) is 53.5 Å². The van der Waals surface area contributed by atoms with Crippen molar-refractivity contribution in [2.75, 3.05) is 6.54 Å². The number of ether oxygens (including phenoxy) is 1. The van der Waals surface area contributed by atoms with Crippen LogP contribution in [0.15, 0.2) is 24.3 Å². The Morgan fingerprint density at radius 3 is 2.47 bits per heavy atom. The van der Waals surface area contributed by atoms with Crippen LogP contribution in [-0.4, -0.2) is 18.7 Å². The monoisotopic (exact) mass is 263 g/mol. The lowest BCUT2D eigenvalue weighted by Gasteiger charge is -2.22. The van der Waals surface area contributed by atoms with Gasteiger partial charge >= 0.3 is 0 Å². The first-order valence-electron chi connectivity index (χ1n) is 7.33. The quantitative estimate of drug-likeness (QED) is 0.833. The summed E-state index contributed by atoms with van der Waals surface area (Å²) in [5.41, 5.74) is 1.48. The highest BCUT2D eigenvalue weighted by Crippen LogP contribution is 2.26. The molecular formula is C17H29NO. The van der Waals surface area contributed by atoms with Gasteiger partial charge in [0.25, 0.3) is 0 Å². The highest BCUT2D eigenvalue weighted by molar-refractivity contribution is 5.32. The normalized spacial score (nSPS) is 15.1. The second-order valence-electron chi connectivity index (χ2n) is 6.40. The molecule has 1 rings (SSSR count). The van der Waals surface area contributed by atoms with E-state index in [1.165, 1.54) is 5.56 Å². The van der Waals surface area contributed by atoms with Crippen LogP contribution in [0.2, 0.25) is 0 Å². The van der Waals surface area contributed by atoms with Crippen LogP contribution in [0.4, 0.5) is 0 Å². The Hall–Kier alpha value is -1.02. The van der Waals surface area contributed by atoms with Gasteiger partial charge < -0.3 is 10.1 Å². The zero-order valence-corrected chi connectivity index (χ0v) is 13.3. The molecular weight excluding hydrogens is 234 g/mol. The van der Waals surface area contributed by atoms with E-state index in [0.29, 0.717) is 6.04 Å². The summed E-state index contributed by atoms with van der Waals surface area (Å²) in [5, 5.41) is 3.42. The van der Waals surface area contributed by atoms with Crippen LogP contribution < -0.4 is 10.1 Å². The topological polar surface area (TPSA) is 21.3 Å². The Morgan fingerprint density at radius 2 is 1.89 bits per heavy atom. The number of nitrogens with one attached hydrogen (secondary N) is 1. The lowest BCUT2D eigenvalue weighted by Crippen LogP contribution is -2.30. The van der Waals surface area contributed by atoms with Gasteiger partial charge in [-0.15, -0.1) is 0 Å². The van der Waals surface area contributed by atoms with Crippen molar-refractivity contribution in [2.45, 2.75) is 65.5 Å². The third kappa shape index (κ3) is 5.65. The summed E-state index contributed by atoms with van der Waals surface area (Å²) in [4.78, 5) is 0. The summed E-state index contributed by atoms with van der Waals surface area (Å²) in [6.45, 7) is 14.2. The van der Waals surface area contributed by atoms with E-state index in [1.807, 2.05) is 6.07 Å². The lowest BCUT2D eigenvalue weighted by molar-refractivity contribution is 0.196. The molecule has 2 atom stereocenters. The van der Waals surface area contributed by atoms with Crippen molar-refractivity contribution in [3.05, 3.63) is 29.8 Å². The minimum atomic E-state index is 0.166. The van der Waals surface area contributed by atoms with Gasteiger partial charge in [-0.25, -0.2) is 0 Å². The van der Waals surface area contributed by atoms with E-state index in [-0.39, 0.29) is 11.5 Å². The van der Waals surface area contributed by atoms with Gasteiger partial charge in [-0.2, -0.15) is 0 Å². The van der Waals surface area contributed by atoms with Crippen molar-refractivity contribution in [1.29, 1.82) is 0 Å². The van der Waals surface area contributed by atoms with Crippen molar-refractivity contribution < 1.29 is 4.74 Å². The zero-order chi connectivity index (χ0) is 14.5. The van der Waals surface area contributed by atoms with E-state index in [9.17, 15) is 0 Å². The molecule has 0 aliphatic heterocycles. The van der Waals surface area contributed by atoms with Crippen molar-refractivity contribution in [3.63, 3.8) is 0 Å². The number of hydrogen-bond acceptors (Lipinski definition) is 2. The molecule has 1 N–H and O–H groups in total. The Morgan fingerprint density at radius 1 is 1.21 bits per heavy atom. The third-order valence-electron chi connectivity index (χ3n) is 3.28. The molecule has 19 heavy (non-hydrogen) atoms. The number of benzene rings is 1. The van der Waals surface area contributed by atoms with Crippen LogP contribution in [0.25, 0.3) is 0 Å². The largest absolute Gasteiger partial charge is 0.491 e. The van der Waals surface area contributed by atoms with Gasteiger partial charge in [0.2, 0.25) is 0 Å². The van der Waals surface area contributed by atoms with E-state index in [0.717, 1.165) is 18.7 Å². The first-order chi connectivity index (χ1) is 8.82. The summed E-state index contributed by atoms with van der Waals surface area (Å²) >= 11 is 0. The first-order valence-corrected chi connectivity index (χ1v) is 7.33. The highest BCUT2D eigenvalue weighted by atomic mass is 16.5. The standard InChI is InChI=1S/C17H29NO/c1-7-18-13(2)11-14(3)19-16-10-8-9-15(12-16)17(4,5)6/h8-10,12-14,18H,7,11H2,1-6H3. The molecule has 0 aromatic heterocycles. The maximum atomic E-state index is 6.03. The number of rotatable bonds is 6. The summed E-state index contributed by atoms with van der Waals surface area (Å²) < 4.78 is 6.03. The molecule has 2 unspecified atom stereocenters. The van der Waals surface area contributed by atoms with E-state index < -0.39 is 0 Å². The fourth-order valence-corrected chi connectivity index (χ4v) is 2.25.